The molecule has 0 radical (unpaired) electrons. The lowest BCUT2D eigenvalue weighted by molar-refractivity contribution is -0.117. The first-order chi connectivity index (χ1) is 10.7. The summed E-state index contributed by atoms with van der Waals surface area (Å²) in [5, 5.41) is 5.88. The number of unbranched alkanes of at least 4 members (excludes halogenated alkanes) is 2. The topological polar surface area (TPSA) is 61.4 Å². The zero-order chi connectivity index (χ0) is 15.5. The van der Waals surface area contributed by atoms with Crippen molar-refractivity contribution in [3.63, 3.8) is 0 Å². The standard InChI is InChI=1S/C17H23N3O2/c1-2-3-4-9-18-16(21)12-7-8-14-13(11-12)19-17(22)15-6-5-10-20(14)15/h7-8,11,15H,2-6,9-10H2,1H3,(H,18,21)(H,19,22). The Morgan fingerprint density at radius 2 is 2.27 bits per heavy atom. The third-order valence-corrected chi connectivity index (χ3v) is 4.45. The van der Waals surface area contributed by atoms with Gasteiger partial charge in [0.05, 0.1) is 11.4 Å². The van der Waals surface area contributed by atoms with E-state index in [1.807, 2.05) is 12.1 Å². The number of nitrogens with zero attached hydrogens (tertiary/aromatic N) is 1. The van der Waals surface area contributed by atoms with Crippen LogP contribution in [0.4, 0.5) is 11.4 Å². The van der Waals surface area contributed by atoms with Crippen LogP contribution in [-0.4, -0.2) is 30.9 Å². The van der Waals surface area contributed by atoms with Crippen molar-refractivity contribution >= 4 is 23.2 Å². The SMILES string of the molecule is CCCCCNC(=O)c1ccc2c(c1)NC(=O)C1CCCN21. The first-order valence-electron chi connectivity index (χ1n) is 8.20. The Balaban J connectivity index is 1.72. The van der Waals surface area contributed by atoms with E-state index in [1.165, 1.54) is 0 Å². The number of carbonyl (C=O) groups excluding carboxylic acids is 2. The number of carbonyl (C=O) groups is 2. The fourth-order valence-corrected chi connectivity index (χ4v) is 3.25. The van der Waals surface area contributed by atoms with Gasteiger partial charge in [0, 0.05) is 18.7 Å². The molecule has 0 bridgehead atoms. The molecule has 1 atom stereocenters. The highest BCUT2D eigenvalue weighted by molar-refractivity contribution is 6.06. The first kappa shape index (κ1) is 14.9. The molecule has 5 nitrogen and oxygen atoms in total. The average molecular weight is 301 g/mol. The van der Waals surface area contributed by atoms with Gasteiger partial charge in [0.15, 0.2) is 0 Å². The number of hydrogen-bond acceptors (Lipinski definition) is 3. The molecule has 0 aromatic heterocycles. The molecule has 2 N–H and O–H groups in total. The van der Waals surface area contributed by atoms with Crippen LogP contribution in [0.2, 0.25) is 0 Å². The molecule has 118 valence electrons. The Labute approximate surface area is 131 Å². The van der Waals surface area contributed by atoms with Crippen LogP contribution in [0.5, 0.6) is 0 Å². The lowest BCUT2D eigenvalue weighted by atomic mass is 10.1. The van der Waals surface area contributed by atoms with Crippen molar-refractivity contribution in [2.45, 2.75) is 45.1 Å². The van der Waals surface area contributed by atoms with Crippen LogP contribution in [0, 0.1) is 0 Å². The Bertz CT molecular complexity index is 585. The van der Waals surface area contributed by atoms with Gasteiger partial charge in [0.25, 0.3) is 5.91 Å². The smallest absolute Gasteiger partial charge is 0.251 e. The van der Waals surface area contributed by atoms with E-state index in [9.17, 15) is 9.59 Å². The summed E-state index contributed by atoms with van der Waals surface area (Å²) in [6.45, 7) is 3.75. The van der Waals surface area contributed by atoms with Crippen LogP contribution in [0.1, 0.15) is 49.4 Å². The summed E-state index contributed by atoms with van der Waals surface area (Å²) in [7, 11) is 0. The predicted octanol–water partition coefficient (Wildman–Crippen LogP) is 2.53. The number of nitrogens with one attached hydrogen (secondary N) is 2. The maximum atomic E-state index is 12.2. The van der Waals surface area contributed by atoms with E-state index in [2.05, 4.69) is 22.5 Å². The minimum Gasteiger partial charge on any atom is -0.358 e. The third kappa shape index (κ3) is 2.80. The number of anilines is 2. The molecule has 22 heavy (non-hydrogen) atoms. The molecule has 0 aliphatic carbocycles. The van der Waals surface area contributed by atoms with Gasteiger partial charge in [-0.2, -0.15) is 0 Å². The zero-order valence-corrected chi connectivity index (χ0v) is 13.0. The zero-order valence-electron chi connectivity index (χ0n) is 13.0. The highest BCUT2D eigenvalue weighted by Crippen LogP contribution is 2.37. The molecule has 2 aliphatic heterocycles. The fraction of sp³-hybridized carbons (Fsp3) is 0.529. The number of hydrogen-bond donors (Lipinski definition) is 2. The van der Waals surface area contributed by atoms with Crippen LogP contribution >= 0.6 is 0 Å². The van der Waals surface area contributed by atoms with Crippen molar-refractivity contribution in [2.75, 3.05) is 23.3 Å². The van der Waals surface area contributed by atoms with Crippen molar-refractivity contribution in [2.24, 2.45) is 0 Å². The van der Waals surface area contributed by atoms with Crippen LogP contribution in [0.25, 0.3) is 0 Å². The monoisotopic (exact) mass is 301 g/mol. The van der Waals surface area contributed by atoms with E-state index in [0.29, 0.717) is 12.1 Å². The minimum atomic E-state index is -0.0725. The van der Waals surface area contributed by atoms with Gasteiger partial charge in [0.1, 0.15) is 6.04 Å². The van der Waals surface area contributed by atoms with Crippen LogP contribution in [0.15, 0.2) is 18.2 Å². The summed E-state index contributed by atoms with van der Waals surface area (Å²) in [6, 6.07) is 5.55. The van der Waals surface area contributed by atoms with E-state index < -0.39 is 0 Å². The summed E-state index contributed by atoms with van der Waals surface area (Å²) in [6.07, 6.45) is 5.20. The van der Waals surface area contributed by atoms with Crippen LogP contribution in [-0.2, 0) is 4.79 Å². The Hall–Kier alpha value is -2.04. The van der Waals surface area contributed by atoms with Crippen LogP contribution < -0.4 is 15.5 Å². The van der Waals surface area contributed by atoms with Crippen molar-refractivity contribution in [1.82, 2.24) is 5.32 Å². The number of fused-ring (bicyclic) bond motifs is 3. The van der Waals surface area contributed by atoms with Crippen molar-refractivity contribution in [3.8, 4) is 0 Å². The quantitative estimate of drug-likeness (QED) is 0.822. The second kappa shape index (κ2) is 6.38. The van der Waals surface area contributed by atoms with Gasteiger partial charge in [-0.1, -0.05) is 19.8 Å². The van der Waals surface area contributed by atoms with E-state index in [0.717, 1.165) is 50.0 Å². The average Bonchev–Trinajstić information content (AvgIpc) is 3.01. The van der Waals surface area contributed by atoms with Gasteiger partial charge in [-0.25, -0.2) is 0 Å². The van der Waals surface area contributed by atoms with Gasteiger partial charge < -0.3 is 15.5 Å². The molecule has 0 saturated carbocycles. The molecule has 5 heteroatoms. The summed E-state index contributed by atoms with van der Waals surface area (Å²) >= 11 is 0. The highest BCUT2D eigenvalue weighted by Gasteiger charge is 2.36. The van der Waals surface area contributed by atoms with E-state index in [4.69, 9.17) is 0 Å². The summed E-state index contributed by atoms with van der Waals surface area (Å²) in [5.74, 6) is -0.0257. The normalized spacial score (nSPS) is 19.4. The van der Waals surface area contributed by atoms with Crippen molar-refractivity contribution in [3.05, 3.63) is 23.8 Å². The van der Waals surface area contributed by atoms with Crippen molar-refractivity contribution in [1.29, 1.82) is 0 Å². The van der Waals surface area contributed by atoms with E-state index in [-0.39, 0.29) is 17.9 Å². The van der Waals surface area contributed by atoms with E-state index in [1.54, 1.807) is 6.07 Å². The molecular formula is C17H23N3O2. The minimum absolute atomic E-state index is 0.0405. The third-order valence-electron chi connectivity index (χ3n) is 4.45. The number of benzene rings is 1. The molecule has 2 heterocycles. The Morgan fingerprint density at radius 1 is 1.41 bits per heavy atom. The molecule has 3 rings (SSSR count). The Kier molecular flexibility index (Phi) is 4.32. The maximum Gasteiger partial charge on any atom is 0.251 e. The summed E-state index contributed by atoms with van der Waals surface area (Å²) in [5.41, 5.74) is 2.39. The Morgan fingerprint density at radius 3 is 3.09 bits per heavy atom. The molecule has 1 aromatic rings. The summed E-state index contributed by atoms with van der Waals surface area (Å²) < 4.78 is 0. The molecule has 1 fully saturated rings. The van der Waals surface area contributed by atoms with Gasteiger partial charge in [-0.15, -0.1) is 0 Å². The molecule has 1 aromatic carbocycles. The summed E-state index contributed by atoms with van der Waals surface area (Å²) in [4.78, 5) is 26.4. The highest BCUT2D eigenvalue weighted by atomic mass is 16.2. The molecule has 2 aliphatic rings. The predicted molar refractivity (Wildman–Crippen MR) is 87.3 cm³/mol. The lowest BCUT2D eigenvalue weighted by Gasteiger charge is -2.33. The second-order valence-corrected chi connectivity index (χ2v) is 6.04. The molecule has 1 unspecified atom stereocenters. The largest absolute Gasteiger partial charge is 0.358 e. The van der Waals surface area contributed by atoms with Crippen molar-refractivity contribution < 1.29 is 9.59 Å². The van der Waals surface area contributed by atoms with Gasteiger partial charge >= 0.3 is 0 Å². The lowest BCUT2D eigenvalue weighted by Crippen LogP contribution is -2.44. The fourth-order valence-electron chi connectivity index (χ4n) is 3.25. The number of amides is 2. The molecular weight excluding hydrogens is 278 g/mol. The van der Waals surface area contributed by atoms with Gasteiger partial charge in [0.2, 0.25) is 5.91 Å². The maximum absolute atomic E-state index is 12.2. The first-order valence-corrected chi connectivity index (χ1v) is 8.20. The second-order valence-electron chi connectivity index (χ2n) is 6.04. The van der Waals surface area contributed by atoms with Crippen LogP contribution in [0.3, 0.4) is 0 Å². The molecule has 1 saturated heterocycles. The molecule has 2 amide bonds. The molecule has 0 spiro atoms. The number of rotatable bonds is 5. The van der Waals surface area contributed by atoms with E-state index >= 15 is 0 Å². The van der Waals surface area contributed by atoms with Gasteiger partial charge in [-0.3, -0.25) is 9.59 Å². The van der Waals surface area contributed by atoms with Gasteiger partial charge in [-0.05, 0) is 37.5 Å².